The van der Waals surface area contributed by atoms with E-state index in [0.29, 0.717) is 6.04 Å². The number of hydrogen-bond donors (Lipinski definition) is 2. The lowest BCUT2D eigenvalue weighted by Gasteiger charge is -2.59. The van der Waals surface area contributed by atoms with Crippen LogP contribution in [0, 0.1) is 5.41 Å². The average Bonchev–Trinajstić information content (AvgIpc) is 2.35. The van der Waals surface area contributed by atoms with Crippen LogP contribution in [0.3, 0.4) is 0 Å². The molecule has 0 aliphatic heterocycles. The minimum Gasteiger partial charge on any atom is -0.378 e. The SMILES string of the molecule is CCCN=C(NCC)NC1CC(C)(OC)C1(C)C. The Morgan fingerprint density at radius 2 is 2.00 bits per heavy atom. The first kappa shape index (κ1) is 15.3. The van der Waals surface area contributed by atoms with E-state index in [9.17, 15) is 0 Å². The van der Waals surface area contributed by atoms with Crippen molar-refractivity contribution in [2.75, 3.05) is 20.2 Å². The van der Waals surface area contributed by atoms with Crippen molar-refractivity contribution < 1.29 is 4.74 Å². The molecule has 4 heteroatoms. The predicted molar refractivity (Wildman–Crippen MR) is 77.0 cm³/mol. The molecule has 0 heterocycles. The Kier molecular flexibility index (Phi) is 5.02. The van der Waals surface area contributed by atoms with Crippen LogP contribution in [0.2, 0.25) is 0 Å². The summed E-state index contributed by atoms with van der Waals surface area (Å²) in [5, 5.41) is 6.83. The number of nitrogens with zero attached hydrogens (tertiary/aromatic N) is 1. The van der Waals surface area contributed by atoms with Crippen LogP contribution in [0.4, 0.5) is 0 Å². The number of nitrogens with one attached hydrogen (secondary N) is 2. The first-order valence-corrected chi connectivity index (χ1v) is 7.01. The largest absolute Gasteiger partial charge is 0.378 e. The Hall–Kier alpha value is -0.770. The Balaban J connectivity index is 2.62. The van der Waals surface area contributed by atoms with Crippen molar-refractivity contribution in [2.24, 2.45) is 10.4 Å². The molecule has 4 nitrogen and oxygen atoms in total. The van der Waals surface area contributed by atoms with E-state index in [0.717, 1.165) is 31.9 Å². The molecule has 2 N–H and O–H groups in total. The summed E-state index contributed by atoms with van der Waals surface area (Å²) in [7, 11) is 1.80. The fourth-order valence-corrected chi connectivity index (χ4v) is 2.43. The second kappa shape index (κ2) is 5.91. The number of hydrogen-bond acceptors (Lipinski definition) is 2. The van der Waals surface area contributed by atoms with Gasteiger partial charge in [-0.3, -0.25) is 4.99 Å². The normalized spacial score (nSPS) is 30.8. The van der Waals surface area contributed by atoms with Gasteiger partial charge in [-0.1, -0.05) is 20.8 Å². The maximum absolute atomic E-state index is 5.64. The van der Waals surface area contributed by atoms with Gasteiger partial charge >= 0.3 is 0 Å². The van der Waals surface area contributed by atoms with Gasteiger partial charge in [-0.25, -0.2) is 0 Å². The van der Waals surface area contributed by atoms with Crippen LogP contribution in [-0.2, 0) is 4.74 Å². The van der Waals surface area contributed by atoms with E-state index < -0.39 is 0 Å². The van der Waals surface area contributed by atoms with E-state index >= 15 is 0 Å². The summed E-state index contributed by atoms with van der Waals surface area (Å²) >= 11 is 0. The highest BCUT2D eigenvalue weighted by Crippen LogP contribution is 2.51. The maximum atomic E-state index is 5.64. The Morgan fingerprint density at radius 1 is 1.33 bits per heavy atom. The molecule has 18 heavy (non-hydrogen) atoms. The Labute approximate surface area is 112 Å². The van der Waals surface area contributed by atoms with E-state index in [2.05, 4.69) is 50.2 Å². The molecule has 106 valence electrons. The molecule has 0 aromatic carbocycles. The van der Waals surface area contributed by atoms with Gasteiger partial charge in [-0.2, -0.15) is 0 Å². The van der Waals surface area contributed by atoms with Crippen LogP contribution < -0.4 is 10.6 Å². The zero-order chi connectivity index (χ0) is 13.8. The first-order chi connectivity index (χ1) is 8.41. The fraction of sp³-hybridized carbons (Fsp3) is 0.929. The van der Waals surface area contributed by atoms with Crippen LogP contribution in [0.25, 0.3) is 0 Å². The lowest BCUT2D eigenvalue weighted by molar-refractivity contribution is -0.176. The van der Waals surface area contributed by atoms with Crippen molar-refractivity contribution in [2.45, 2.75) is 59.1 Å². The van der Waals surface area contributed by atoms with Crippen LogP contribution in [-0.4, -0.2) is 37.8 Å². The molecule has 0 radical (unpaired) electrons. The van der Waals surface area contributed by atoms with Gasteiger partial charge in [0.1, 0.15) is 0 Å². The summed E-state index contributed by atoms with van der Waals surface area (Å²) in [5.74, 6) is 0.926. The highest BCUT2D eigenvalue weighted by Gasteiger charge is 2.57. The van der Waals surface area contributed by atoms with Crippen LogP contribution >= 0.6 is 0 Å². The molecule has 1 saturated carbocycles. The van der Waals surface area contributed by atoms with Crippen molar-refractivity contribution in [3.8, 4) is 0 Å². The van der Waals surface area contributed by atoms with Gasteiger partial charge in [-0.05, 0) is 26.7 Å². The smallest absolute Gasteiger partial charge is 0.191 e. The average molecular weight is 255 g/mol. The van der Waals surface area contributed by atoms with Gasteiger partial charge in [0.05, 0.1) is 5.60 Å². The second-order valence-electron chi connectivity index (χ2n) is 5.82. The van der Waals surface area contributed by atoms with Crippen LogP contribution in [0.5, 0.6) is 0 Å². The molecule has 1 aliphatic carbocycles. The van der Waals surface area contributed by atoms with Crippen molar-refractivity contribution >= 4 is 5.96 Å². The van der Waals surface area contributed by atoms with Gasteiger partial charge in [0, 0.05) is 31.7 Å². The molecular formula is C14H29N3O. The molecule has 0 aromatic rings. The molecule has 1 aliphatic rings. The summed E-state index contributed by atoms with van der Waals surface area (Å²) in [5.41, 5.74) is 0.0803. The van der Waals surface area contributed by atoms with E-state index in [-0.39, 0.29) is 11.0 Å². The third kappa shape index (κ3) is 2.79. The van der Waals surface area contributed by atoms with Gasteiger partial charge in [0.2, 0.25) is 0 Å². The highest BCUT2D eigenvalue weighted by atomic mass is 16.5. The van der Waals surface area contributed by atoms with E-state index in [1.807, 2.05) is 0 Å². The molecule has 0 aromatic heterocycles. The van der Waals surface area contributed by atoms with E-state index in [1.54, 1.807) is 7.11 Å². The summed E-state index contributed by atoms with van der Waals surface area (Å²) in [6, 6.07) is 0.414. The molecule has 2 atom stereocenters. The monoisotopic (exact) mass is 255 g/mol. The third-order valence-corrected chi connectivity index (χ3v) is 4.43. The van der Waals surface area contributed by atoms with Crippen molar-refractivity contribution in [3.05, 3.63) is 0 Å². The number of guanidine groups is 1. The lowest BCUT2D eigenvalue weighted by atomic mass is 9.56. The molecule has 0 bridgehead atoms. The first-order valence-electron chi connectivity index (χ1n) is 7.01. The maximum Gasteiger partial charge on any atom is 0.191 e. The van der Waals surface area contributed by atoms with Gasteiger partial charge in [0.15, 0.2) is 5.96 Å². The number of ether oxygens (including phenoxy) is 1. The third-order valence-electron chi connectivity index (χ3n) is 4.43. The number of methoxy groups -OCH3 is 1. The molecular weight excluding hydrogens is 226 g/mol. The molecule has 2 unspecified atom stereocenters. The summed E-state index contributed by atoms with van der Waals surface area (Å²) in [6.07, 6.45) is 2.09. The Bertz CT molecular complexity index is 301. The zero-order valence-electron chi connectivity index (χ0n) is 12.8. The summed E-state index contributed by atoms with van der Waals surface area (Å²) in [6.45, 7) is 12.7. The molecule has 0 amide bonds. The van der Waals surface area contributed by atoms with Gasteiger partial charge < -0.3 is 15.4 Å². The van der Waals surface area contributed by atoms with Gasteiger partial charge in [0.25, 0.3) is 0 Å². The van der Waals surface area contributed by atoms with Crippen LogP contribution in [0.1, 0.15) is 47.5 Å². The van der Waals surface area contributed by atoms with Gasteiger partial charge in [-0.15, -0.1) is 0 Å². The molecule has 0 saturated heterocycles. The van der Waals surface area contributed by atoms with Crippen LogP contribution in [0.15, 0.2) is 4.99 Å². The highest BCUT2D eigenvalue weighted by molar-refractivity contribution is 5.80. The minimum atomic E-state index is -0.0350. The van der Waals surface area contributed by atoms with Crippen molar-refractivity contribution in [1.29, 1.82) is 0 Å². The minimum absolute atomic E-state index is 0.0350. The Morgan fingerprint density at radius 3 is 2.44 bits per heavy atom. The molecule has 1 rings (SSSR count). The standard InChI is InChI=1S/C14H29N3O/c1-7-9-16-12(15-8-2)17-11-10-14(5,18-6)13(11,3)4/h11H,7-10H2,1-6H3,(H2,15,16,17). The summed E-state index contributed by atoms with van der Waals surface area (Å²) < 4.78 is 5.64. The lowest BCUT2D eigenvalue weighted by Crippen LogP contribution is -2.69. The zero-order valence-corrected chi connectivity index (χ0v) is 12.8. The number of aliphatic imine (C=N–C) groups is 1. The van der Waals surface area contributed by atoms with E-state index in [4.69, 9.17) is 4.74 Å². The topological polar surface area (TPSA) is 45.7 Å². The van der Waals surface area contributed by atoms with Crippen molar-refractivity contribution in [3.63, 3.8) is 0 Å². The molecule has 0 spiro atoms. The molecule has 1 fully saturated rings. The fourth-order valence-electron chi connectivity index (χ4n) is 2.43. The second-order valence-corrected chi connectivity index (χ2v) is 5.82. The summed E-state index contributed by atoms with van der Waals surface area (Å²) in [4.78, 5) is 4.55. The quantitative estimate of drug-likeness (QED) is 0.584. The van der Waals surface area contributed by atoms with E-state index in [1.165, 1.54) is 0 Å². The number of rotatable bonds is 5. The predicted octanol–water partition coefficient (Wildman–Crippen LogP) is 2.16. The van der Waals surface area contributed by atoms with Crippen molar-refractivity contribution in [1.82, 2.24) is 10.6 Å².